The highest BCUT2D eigenvalue weighted by Crippen LogP contribution is 2.40. The molecule has 2 unspecified atom stereocenters. The Bertz CT molecular complexity index is 724. The van der Waals surface area contributed by atoms with Crippen LogP contribution in [0.4, 0.5) is 0 Å². The molecule has 0 radical (unpaired) electrons. The van der Waals surface area contributed by atoms with E-state index in [-0.39, 0.29) is 11.3 Å². The van der Waals surface area contributed by atoms with Crippen LogP contribution < -0.4 is 5.73 Å². The number of halogens is 1. The second-order valence-electron chi connectivity index (χ2n) is 4.87. The molecule has 2 atom stereocenters. The van der Waals surface area contributed by atoms with Crippen molar-refractivity contribution >= 4 is 38.8 Å². The van der Waals surface area contributed by atoms with Crippen LogP contribution in [0, 0.1) is 0 Å². The van der Waals surface area contributed by atoms with E-state index in [4.69, 9.17) is 10.2 Å². The zero-order chi connectivity index (χ0) is 14.8. The molecule has 3 rings (SSSR count). The van der Waals surface area contributed by atoms with E-state index in [0.29, 0.717) is 5.22 Å². The number of para-hydroxylation sites is 2. The number of nitrogens with zero attached hydrogens (tertiary/aromatic N) is 1. The molecule has 3 aromatic rings. The lowest BCUT2D eigenvalue weighted by molar-refractivity contribution is 0.487. The van der Waals surface area contributed by atoms with Crippen LogP contribution in [0.3, 0.4) is 0 Å². The van der Waals surface area contributed by atoms with Gasteiger partial charge in [-0.15, -0.1) is 0 Å². The average molecular weight is 363 g/mol. The number of rotatable bonds is 4. The van der Waals surface area contributed by atoms with Crippen molar-refractivity contribution in [3.8, 4) is 0 Å². The summed E-state index contributed by atoms with van der Waals surface area (Å²) in [6.45, 7) is 2.00. The summed E-state index contributed by atoms with van der Waals surface area (Å²) in [5, 5.41) is 0.725. The normalized spacial score (nSPS) is 14.2. The Morgan fingerprint density at radius 3 is 2.57 bits per heavy atom. The summed E-state index contributed by atoms with van der Waals surface area (Å²) in [6.07, 6.45) is 0. The van der Waals surface area contributed by atoms with E-state index in [0.717, 1.165) is 21.1 Å². The van der Waals surface area contributed by atoms with Gasteiger partial charge in [0.25, 0.3) is 5.22 Å². The molecule has 1 aromatic heterocycles. The second-order valence-corrected chi connectivity index (χ2v) is 6.81. The number of fused-ring (bicyclic) bond motifs is 1. The van der Waals surface area contributed by atoms with Gasteiger partial charge in [-0.3, -0.25) is 0 Å². The van der Waals surface area contributed by atoms with E-state index in [2.05, 4.69) is 27.0 Å². The SMILES string of the molecule is CC(N)C(Sc1nc2ccccc2o1)c1ccccc1Br. The molecule has 0 saturated heterocycles. The molecular weight excluding hydrogens is 348 g/mol. The molecule has 5 heteroatoms. The Hall–Kier alpha value is -1.30. The predicted octanol–water partition coefficient (Wildman–Crippen LogP) is 4.77. The van der Waals surface area contributed by atoms with Crippen LogP contribution in [-0.4, -0.2) is 11.0 Å². The van der Waals surface area contributed by atoms with E-state index in [1.807, 2.05) is 49.4 Å². The number of aromatic nitrogens is 1. The first kappa shape index (κ1) is 14.6. The topological polar surface area (TPSA) is 52.0 Å². The Balaban J connectivity index is 1.94. The van der Waals surface area contributed by atoms with E-state index >= 15 is 0 Å². The minimum atomic E-state index is -0.0243. The molecule has 0 aliphatic rings. The van der Waals surface area contributed by atoms with Crippen LogP contribution >= 0.6 is 27.7 Å². The molecule has 0 bridgehead atoms. The maximum Gasteiger partial charge on any atom is 0.257 e. The Labute approximate surface area is 136 Å². The van der Waals surface area contributed by atoms with Crippen molar-refractivity contribution in [2.24, 2.45) is 5.73 Å². The van der Waals surface area contributed by atoms with Gasteiger partial charge in [0.05, 0.1) is 5.25 Å². The minimum Gasteiger partial charge on any atom is -0.431 e. The molecule has 0 spiro atoms. The van der Waals surface area contributed by atoms with Crippen molar-refractivity contribution in [3.63, 3.8) is 0 Å². The molecule has 0 aliphatic heterocycles. The van der Waals surface area contributed by atoms with Gasteiger partial charge in [-0.05, 0) is 30.7 Å². The van der Waals surface area contributed by atoms with Crippen molar-refractivity contribution in [1.29, 1.82) is 0 Å². The van der Waals surface area contributed by atoms with Gasteiger partial charge >= 0.3 is 0 Å². The monoisotopic (exact) mass is 362 g/mol. The lowest BCUT2D eigenvalue weighted by Crippen LogP contribution is -2.22. The van der Waals surface area contributed by atoms with Crippen molar-refractivity contribution < 1.29 is 4.42 Å². The number of oxazole rings is 1. The van der Waals surface area contributed by atoms with Crippen LogP contribution in [0.2, 0.25) is 0 Å². The fraction of sp³-hybridized carbons (Fsp3) is 0.188. The van der Waals surface area contributed by atoms with Gasteiger partial charge in [-0.1, -0.05) is 58.0 Å². The highest BCUT2D eigenvalue weighted by molar-refractivity contribution is 9.10. The van der Waals surface area contributed by atoms with E-state index in [1.165, 1.54) is 0 Å². The maximum absolute atomic E-state index is 6.17. The molecule has 108 valence electrons. The fourth-order valence-electron chi connectivity index (χ4n) is 2.17. The van der Waals surface area contributed by atoms with Crippen LogP contribution in [0.5, 0.6) is 0 Å². The molecule has 0 aliphatic carbocycles. The molecule has 1 heterocycles. The largest absolute Gasteiger partial charge is 0.431 e. The lowest BCUT2D eigenvalue weighted by atomic mass is 10.1. The standard InChI is InChI=1S/C16H15BrN2OS/c1-10(18)15(11-6-2-3-7-12(11)17)21-16-19-13-8-4-5-9-14(13)20-16/h2-10,15H,18H2,1H3. The summed E-state index contributed by atoms with van der Waals surface area (Å²) < 4.78 is 6.84. The van der Waals surface area contributed by atoms with Gasteiger partial charge in [-0.25, -0.2) is 4.98 Å². The summed E-state index contributed by atoms with van der Waals surface area (Å²) in [7, 11) is 0. The van der Waals surface area contributed by atoms with Gasteiger partial charge in [0.1, 0.15) is 5.52 Å². The summed E-state index contributed by atoms with van der Waals surface area (Å²) >= 11 is 5.15. The number of hydrogen-bond donors (Lipinski definition) is 1. The Morgan fingerprint density at radius 1 is 1.14 bits per heavy atom. The van der Waals surface area contributed by atoms with Crippen LogP contribution in [0.25, 0.3) is 11.1 Å². The van der Waals surface area contributed by atoms with Gasteiger partial charge in [0.15, 0.2) is 5.58 Å². The lowest BCUT2D eigenvalue weighted by Gasteiger charge is -2.20. The molecule has 0 fully saturated rings. The average Bonchev–Trinajstić information content (AvgIpc) is 2.88. The molecule has 0 saturated carbocycles. The smallest absolute Gasteiger partial charge is 0.257 e. The fourth-order valence-corrected chi connectivity index (χ4v) is 3.91. The van der Waals surface area contributed by atoms with E-state index in [9.17, 15) is 0 Å². The Morgan fingerprint density at radius 2 is 1.86 bits per heavy atom. The number of hydrogen-bond acceptors (Lipinski definition) is 4. The van der Waals surface area contributed by atoms with Crippen LogP contribution in [0.15, 0.2) is 62.6 Å². The predicted molar refractivity (Wildman–Crippen MR) is 90.4 cm³/mol. The quantitative estimate of drug-likeness (QED) is 0.679. The number of nitrogens with two attached hydrogens (primary N) is 1. The van der Waals surface area contributed by atoms with Crippen LogP contribution in [0.1, 0.15) is 17.7 Å². The first-order chi connectivity index (χ1) is 10.1. The molecule has 3 nitrogen and oxygen atoms in total. The first-order valence-electron chi connectivity index (χ1n) is 6.67. The van der Waals surface area contributed by atoms with E-state index in [1.54, 1.807) is 11.8 Å². The molecule has 2 aromatic carbocycles. The summed E-state index contributed by atoms with van der Waals surface area (Å²) in [4.78, 5) is 4.52. The van der Waals surface area contributed by atoms with Gasteiger partial charge in [0.2, 0.25) is 0 Å². The molecule has 0 amide bonds. The first-order valence-corrected chi connectivity index (χ1v) is 8.34. The van der Waals surface area contributed by atoms with Crippen LogP contribution in [-0.2, 0) is 0 Å². The molecular formula is C16H15BrN2OS. The second kappa shape index (κ2) is 6.22. The summed E-state index contributed by atoms with van der Waals surface area (Å²) in [5.41, 5.74) is 8.99. The molecule has 2 N–H and O–H groups in total. The summed E-state index contributed by atoms with van der Waals surface area (Å²) in [6, 6.07) is 15.9. The number of benzene rings is 2. The zero-order valence-electron chi connectivity index (χ0n) is 11.5. The van der Waals surface area contributed by atoms with E-state index < -0.39 is 0 Å². The van der Waals surface area contributed by atoms with Gasteiger partial charge in [-0.2, -0.15) is 0 Å². The third kappa shape index (κ3) is 3.15. The van der Waals surface area contributed by atoms with Gasteiger partial charge < -0.3 is 10.2 Å². The zero-order valence-corrected chi connectivity index (χ0v) is 13.9. The highest BCUT2D eigenvalue weighted by atomic mass is 79.9. The third-order valence-corrected chi connectivity index (χ3v) is 5.23. The van der Waals surface area contributed by atoms with Crippen molar-refractivity contribution in [2.45, 2.75) is 23.4 Å². The summed E-state index contributed by atoms with van der Waals surface area (Å²) in [5.74, 6) is 0. The maximum atomic E-state index is 6.17. The highest BCUT2D eigenvalue weighted by Gasteiger charge is 2.22. The minimum absolute atomic E-state index is 0.0243. The third-order valence-electron chi connectivity index (χ3n) is 3.19. The molecule has 21 heavy (non-hydrogen) atoms. The Kier molecular flexibility index (Phi) is 4.33. The van der Waals surface area contributed by atoms with Crippen molar-refractivity contribution in [2.75, 3.05) is 0 Å². The van der Waals surface area contributed by atoms with Crippen molar-refractivity contribution in [3.05, 3.63) is 58.6 Å². The number of thioether (sulfide) groups is 1. The van der Waals surface area contributed by atoms with Crippen molar-refractivity contribution in [1.82, 2.24) is 4.98 Å². The van der Waals surface area contributed by atoms with Gasteiger partial charge in [0, 0.05) is 10.5 Å².